The largest absolute Gasteiger partial charge is 0.493 e. The van der Waals surface area contributed by atoms with Gasteiger partial charge in [0.05, 0.1) is 6.61 Å². The third kappa shape index (κ3) is 2.73. The van der Waals surface area contributed by atoms with Crippen molar-refractivity contribution in [3.8, 4) is 5.75 Å². The lowest BCUT2D eigenvalue weighted by Gasteiger charge is -2.16. The van der Waals surface area contributed by atoms with Crippen LogP contribution in [0.5, 0.6) is 5.75 Å². The topological polar surface area (TPSA) is 21.3 Å². The Morgan fingerprint density at radius 1 is 1.50 bits per heavy atom. The fourth-order valence-corrected chi connectivity index (χ4v) is 1.64. The van der Waals surface area contributed by atoms with Gasteiger partial charge in [-0.1, -0.05) is 0 Å². The van der Waals surface area contributed by atoms with E-state index < -0.39 is 0 Å². The summed E-state index contributed by atoms with van der Waals surface area (Å²) < 4.78 is 18.9. The minimum Gasteiger partial charge on any atom is -0.493 e. The third-order valence-corrected chi connectivity index (χ3v) is 3.04. The van der Waals surface area contributed by atoms with E-state index in [4.69, 9.17) is 4.74 Å². The molecule has 0 saturated heterocycles. The highest BCUT2D eigenvalue weighted by Gasteiger charge is 2.22. The molecule has 1 saturated carbocycles. The summed E-state index contributed by atoms with van der Waals surface area (Å²) in [6, 6.07) is 4.82. The molecule has 16 heavy (non-hydrogen) atoms. The van der Waals surface area contributed by atoms with Gasteiger partial charge in [-0.25, -0.2) is 4.39 Å². The molecular weight excluding hydrogens is 205 g/mol. The van der Waals surface area contributed by atoms with E-state index in [0.29, 0.717) is 5.92 Å². The average molecular weight is 223 g/mol. The molecule has 1 aromatic carbocycles. The Hall–Kier alpha value is -1.09. The van der Waals surface area contributed by atoms with E-state index in [1.54, 1.807) is 12.1 Å². The molecule has 2 rings (SSSR count). The van der Waals surface area contributed by atoms with Gasteiger partial charge in [0.25, 0.3) is 0 Å². The number of nitrogens with one attached hydrogen (secondary N) is 1. The smallest absolute Gasteiger partial charge is 0.124 e. The fourth-order valence-electron chi connectivity index (χ4n) is 1.64. The maximum absolute atomic E-state index is 13.2. The molecule has 0 aliphatic heterocycles. The molecule has 88 valence electrons. The molecule has 2 nitrogen and oxygen atoms in total. The van der Waals surface area contributed by atoms with Crippen LogP contribution < -0.4 is 10.1 Å². The molecule has 0 radical (unpaired) electrons. The van der Waals surface area contributed by atoms with Gasteiger partial charge in [-0.15, -0.1) is 0 Å². The van der Waals surface area contributed by atoms with E-state index in [9.17, 15) is 4.39 Å². The predicted octanol–water partition coefficient (Wildman–Crippen LogP) is 2.89. The molecule has 0 spiro atoms. The highest BCUT2D eigenvalue weighted by molar-refractivity contribution is 5.36. The lowest BCUT2D eigenvalue weighted by Crippen LogP contribution is -2.14. The van der Waals surface area contributed by atoms with Crippen LogP contribution in [0.4, 0.5) is 4.39 Å². The molecule has 1 unspecified atom stereocenters. The van der Waals surface area contributed by atoms with Crippen molar-refractivity contribution in [1.29, 1.82) is 0 Å². The summed E-state index contributed by atoms with van der Waals surface area (Å²) in [5.41, 5.74) is 0.892. The molecule has 1 N–H and O–H groups in total. The van der Waals surface area contributed by atoms with Gasteiger partial charge in [0, 0.05) is 11.6 Å². The molecule has 3 heteroatoms. The van der Waals surface area contributed by atoms with Crippen molar-refractivity contribution in [2.45, 2.75) is 25.8 Å². The summed E-state index contributed by atoms with van der Waals surface area (Å²) in [4.78, 5) is 0. The van der Waals surface area contributed by atoms with Crippen LogP contribution in [0.1, 0.15) is 31.4 Å². The van der Waals surface area contributed by atoms with Crippen LogP contribution in [0, 0.1) is 11.7 Å². The van der Waals surface area contributed by atoms with Crippen LogP contribution in [0.15, 0.2) is 18.2 Å². The summed E-state index contributed by atoms with van der Waals surface area (Å²) in [5, 5.41) is 3.11. The maximum Gasteiger partial charge on any atom is 0.124 e. The van der Waals surface area contributed by atoms with Gasteiger partial charge in [0.1, 0.15) is 11.6 Å². The lowest BCUT2D eigenvalue weighted by molar-refractivity contribution is 0.294. The van der Waals surface area contributed by atoms with Crippen molar-refractivity contribution in [2.75, 3.05) is 13.7 Å². The highest BCUT2D eigenvalue weighted by atomic mass is 19.1. The van der Waals surface area contributed by atoms with Gasteiger partial charge < -0.3 is 10.1 Å². The Labute approximate surface area is 95.8 Å². The average Bonchev–Trinajstić information content (AvgIpc) is 3.10. The zero-order valence-electron chi connectivity index (χ0n) is 9.79. The van der Waals surface area contributed by atoms with Gasteiger partial charge in [0.15, 0.2) is 0 Å². The first kappa shape index (κ1) is 11.4. The van der Waals surface area contributed by atoms with Crippen LogP contribution in [0.25, 0.3) is 0 Å². The van der Waals surface area contributed by atoms with Gasteiger partial charge in [-0.3, -0.25) is 0 Å². The zero-order valence-corrected chi connectivity index (χ0v) is 9.79. The van der Waals surface area contributed by atoms with Crippen molar-refractivity contribution >= 4 is 0 Å². The van der Waals surface area contributed by atoms with Crippen LogP contribution in [-0.4, -0.2) is 13.7 Å². The Morgan fingerprint density at radius 3 is 2.88 bits per heavy atom. The lowest BCUT2D eigenvalue weighted by atomic mass is 10.1. The van der Waals surface area contributed by atoms with Gasteiger partial charge >= 0.3 is 0 Å². The Balaban J connectivity index is 2.13. The number of hydrogen-bond acceptors (Lipinski definition) is 2. The molecule has 1 aliphatic rings. The summed E-state index contributed by atoms with van der Waals surface area (Å²) >= 11 is 0. The van der Waals surface area contributed by atoms with Crippen molar-refractivity contribution < 1.29 is 9.13 Å². The molecular formula is C13H18FNO. The second kappa shape index (κ2) is 4.83. The summed E-state index contributed by atoms with van der Waals surface area (Å²) in [6.07, 6.45) is 2.52. The van der Waals surface area contributed by atoms with Crippen molar-refractivity contribution in [2.24, 2.45) is 5.92 Å². The van der Waals surface area contributed by atoms with Crippen molar-refractivity contribution in [1.82, 2.24) is 5.32 Å². The van der Waals surface area contributed by atoms with Crippen LogP contribution in [0.3, 0.4) is 0 Å². The Bertz CT molecular complexity index is 363. The predicted molar refractivity (Wildman–Crippen MR) is 62.1 cm³/mol. The molecule has 0 amide bonds. The standard InChI is InChI=1S/C13H18FNO/c1-9(15-2)12-7-11(14)5-6-13(12)16-8-10-3-4-10/h5-7,9-10,15H,3-4,8H2,1-2H3. The zero-order chi connectivity index (χ0) is 11.5. The molecule has 0 aromatic heterocycles. The van der Waals surface area contributed by atoms with Gasteiger partial charge in [-0.2, -0.15) is 0 Å². The molecule has 0 heterocycles. The second-order valence-electron chi connectivity index (χ2n) is 4.45. The minimum absolute atomic E-state index is 0.102. The highest BCUT2D eigenvalue weighted by Crippen LogP contribution is 2.32. The van der Waals surface area contributed by atoms with Crippen LogP contribution in [-0.2, 0) is 0 Å². The number of ether oxygens (including phenoxy) is 1. The Kier molecular flexibility index (Phi) is 3.44. The molecule has 1 fully saturated rings. The number of hydrogen-bond donors (Lipinski definition) is 1. The quantitative estimate of drug-likeness (QED) is 0.828. The SMILES string of the molecule is CNC(C)c1cc(F)ccc1OCC1CC1. The van der Waals surface area contributed by atoms with Gasteiger partial charge in [-0.05, 0) is 50.9 Å². The Morgan fingerprint density at radius 2 is 2.25 bits per heavy atom. The molecule has 1 aromatic rings. The minimum atomic E-state index is -0.212. The number of rotatable bonds is 5. The van der Waals surface area contributed by atoms with Crippen molar-refractivity contribution in [3.63, 3.8) is 0 Å². The summed E-state index contributed by atoms with van der Waals surface area (Å²) in [6.45, 7) is 2.76. The number of halogens is 1. The third-order valence-electron chi connectivity index (χ3n) is 3.04. The van der Waals surface area contributed by atoms with Gasteiger partial charge in [0.2, 0.25) is 0 Å². The molecule has 1 aliphatic carbocycles. The monoisotopic (exact) mass is 223 g/mol. The molecule has 0 bridgehead atoms. The summed E-state index contributed by atoms with van der Waals surface area (Å²) in [7, 11) is 1.86. The van der Waals surface area contributed by atoms with Crippen LogP contribution in [0.2, 0.25) is 0 Å². The number of benzene rings is 1. The first-order valence-corrected chi connectivity index (χ1v) is 5.80. The van der Waals surface area contributed by atoms with Crippen LogP contribution >= 0.6 is 0 Å². The second-order valence-corrected chi connectivity index (χ2v) is 4.45. The van der Waals surface area contributed by atoms with E-state index in [2.05, 4.69) is 5.32 Å². The fraction of sp³-hybridized carbons (Fsp3) is 0.538. The van der Waals surface area contributed by atoms with E-state index in [-0.39, 0.29) is 11.9 Å². The van der Waals surface area contributed by atoms with E-state index in [1.807, 2.05) is 14.0 Å². The van der Waals surface area contributed by atoms with E-state index >= 15 is 0 Å². The first-order chi connectivity index (χ1) is 7.70. The van der Waals surface area contributed by atoms with Crippen molar-refractivity contribution in [3.05, 3.63) is 29.6 Å². The summed E-state index contributed by atoms with van der Waals surface area (Å²) in [5.74, 6) is 1.30. The maximum atomic E-state index is 13.2. The molecule has 1 atom stereocenters. The van der Waals surface area contributed by atoms with E-state index in [0.717, 1.165) is 17.9 Å². The first-order valence-electron chi connectivity index (χ1n) is 5.80. The van der Waals surface area contributed by atoms with E-state index in [1.165, 1.54) is 18.9 Å². The normalized spacial score (nSPS) is 17.2.